The van der Waals surface area contributed by atoms with Crippen LogP contribution in [0, 0.1) is 5.92 Å². The molecule has 0 aromatic carbocycles. The van der Waals surface area contributed by atoms with Gasteiger partial charge in [0, 0.05) is 19.0 Å². The Kier molecular flexibility index (Phi) is 3.50. The molecule has 0 spiro atoms. The van der Waals surface area contributed by atoms with Crippen molar-refractivity contribution in [2.45, 2.75) is 38.9 Å². The Bertz CT molecular complexity index is 210. The molecule has 0 saturated carbocycles. The summed E-state index contributed by atoms with van der Waals surface area (Å²) < 4.78 is 5.17. The van der Waals surface area contributed by atoms with Gasteiger partial charge in [-0.15, -0.1) is 0 Å². The minimum Gasteiger partial charge on any atom is -0.460 e. The number of aliphatic hydroxyl groups is 1. The van der Waals surface area contributed by atoms with Crippen molar-refractivity contribution in [1.29, 1.82) is 0 Å². The van der Waals surface area contributed by atoms with E-state index in [-0.39, 0.29) is 11.9 Å². The summed E-state index contributed by atoms with van der Waals surface area (Å²) in [4.78, 5) is 11.4. The zero-order valence-corrected chi connectivity index (χ0v) is 9.04. The Hall–Kier alpha value is -0.610. The predicted molar refractivity (Wildman–Crippen MR) is 52.8 cm³/mol. The minimum atomic E-state index is -0.436. The molecule has 1 saturated heterocycles. The number of hydrogen-bond acceptors (Lipinski definition) is 4. The summed E-state index contributed by atoms with van der Waals surface area (Å²) in [5.74, 6) is -0.227. The second-order valence-electron chi connectivity index (χ2n) is 4.78. The zero-order chi connectivity index (χ0) is 10.8. The van der Waals surface area contributed by atoms with E-state index >= 15 is 0 Å². The first-order chi connectivity index (χ1) is 6.38. The lowest BCUT2D eigenvalue weighted by Gasteiger charge is -2.21. The van der Waals surface area contributed by atoms with E-state index in [0.29, 0.717) is 19.5 Å². The highest BCUT2D eigenvalue weighted by molar-refractivity contribution is 5.70. The van der Waals surface area contributed by atoms with Gasteiger partial charge >= 0.3 is 5.97 Å². The third-order valence-electron chi connectivity index (χ3n) is 2.15. The standard InChI is InChI=1S/C10H19NO3/c1-10(2,3)14-9(13)4-7-5-11-6-8(7)12/h7-8,11-12H,4-6H2,1-3H3. The highest BCUT2D eigenvalue weighted by Crippen LogP contribution is 2.16. The van der Waals surface area contributed by atoms with Gasteiger partial charge in [-0.3, -0.25) is 4.79 Å². The summed E-state index contributed by atoms with van der Waals surface area (Å²) in [7, 11) is 0. The Morgan fingerprint density at radius 3 is 2.57 bits per heavy atom. The van der Waals surface area contributed by atoms with Crippen LogP contribution < -0.4 is 5.32 Å². The molecule has 4 nitrogen and oxygen atoms in total. The first-order valence-electron chi connectivity index (χ1n) is 4.99. The lowest BCUT2D eigenvalue weighted by Crippen LogP contribution is -2.28. The molecule has 2 unspecified atom stereocenters. The maximum atomic E-state index is 11.4. The molecule has 0 aromatic heterocycles. The van der Waals surface area contributed by atoms with Gasteiger partial charge in [0.1, 0.15) is 5.60 Å². The monoisotopic (exact) mass is 201 g/mol. The summed E-state index contributed by atoms with van der Waals surface area (Å²) in [6, 6.07) is 0. The Balaban J connectivity index is 2.33. The normalized spacial score (nSPS) is 27.7. The first kappa shape index (κ1) is 11.5. The van der Waals surface area contributed by atoms with E-state index in [9.17, 15) is 9.90 Å². The lowest BCUT2D eigenvalue weighted by atomic mass is 10.0. The summed E-state index contributed by atoms with van der Waals surface area (Å²) in [5, 5.41) is 12.5. The number of esters is 1. The van der Waals surface area contributed by atoms with Crippen molar-refractivity contribution in [3.05, 3.63) is 0 Å². The van der Waals surface area contributed by atoms with E-state index in [0.717, 1.165) is 0 Å². The fourth-order valence-corrected chi connectivity index (χ4v) is 1.52. The molecule has 82 valence electrons. The predicted octanol–water partition coefficient (Wildman–Crippen LogP) is 0.298. The van der Waals surface area contributed by atoms with Gasteiger partial charge in [0.05, 0.1) is 12.5 Å². The zero-order valence-electron chi connectivity index (χ0n) is 9.04. The van der Waals surface area contributed by atoms with E-state index in [1.165, 1.54) is 0 Å². The summed E-state index contributed by atoms with van der Waals surface area (Å²) in [5.41, 5.74) is -0.436. The molecule has 2 atom stereocenters. The highest BCUT2D eigenvalue weighted by Gasteiger charge is 2.28. The average molecular weight is 201 g/mol. The molecule has 0 aliphatic carbocycles. The second-order valence-corrected chi connectivity index (χ2v) is 4.78. The van der Waals surface area contributed by atoms with Gasteiger partial charge in [0.15, 0.2) is 0 Å². The number of hydrogen-bond donors (Lipinski definition) is 2. The minimum absolute atomic E-state index is 0.00449. The molecular weight excluding hydrogens is 182 g/mol. The van der Waals surface area contributed by atoms with Crippen molar-refractivity contribution in [1.82, 2.24) is 5.32 Å². The fraction of sp³-hybridized carbons (Fsp3) is 0.900. The topological polar surface area (TPSA) is 58.6 Å². The van der Waals surface area contributed by atoms with Crippen molar-refractivity contribution in [2.75, 3.05) is 13.1 Å². The number of rotatable bonds is 2. The average Bonchev–Trinajstić information content (AvgIpc) is 2.32. The van der Waals surface area contributed by atoms with E-state index in [1.807, 2.05) is 20.8 Å². The van der Waals surface area contributed by atoms with Crippen LogP contribution in [-0.2, 0) is 9.53 Å². The van der Waals surface area contributed by atoms with Gasteiger partial charge < -0.3 is 15.2 Å². The molecule has 0 aromatic rings. The van der Waals surface area contributed by atoms with Crippen LogP contribution in [0.4, 0.5) is 0 Å². The fourth-order valence-electron chi connectivity index (χ4n) is 1.52. The largest absolute Gasteiger partial charge is 0.460 e. The van der Waals surface area contributed by atoms with Gasteiger partial charge in [0.2, 0.25) is 0 Å². The molecule has 1 aliphatic rings. The Morgan fingerprint density at radius 1 is 1.50 bits per heavy atom. The molecule has 4 heteroatoms. The van der Waals surface area contributed by atoms with Crippen LogP contribution in [0.2, 0.25) is 0 Å². The van der Waals surface area contributed by atoms with Crippen molar-refractivity contribution < 1.29 is 14.6 Å². The van der Waals surface area contributed by atoms with E-state index < -0.39 is 11.7 Å². The molecule has 0 amide bonds. The number of carbonyl (C=O) groups is 1. The number of β-amino-alcohol motifs (C(OH)–C–C–N with tert-alkyl or cyclic N) is 1. The number of nitrogens with one attached hydrogen (secondary N) is 1. The van der Waals surface area contributed by atoms with E-state index in [4.69, 9.17) is 4.74 Å². The number of ether oxygens (including phenoxy) is 1. The van der Waals surface area contributed by atoms with Gasteiger partial charge in [0.25, 0.3) is 0 Å². The molecule has 1 heterocycles. The van der Waals surface area contributed by atoms with Crippen molar-refractivity contribution in [3.8, 4) is 0 Å². The molecule has 1 fully saturated rings. The summed E-state index contributed by atoms with van der Waals surface area (Å²) >= 11 is 0. The number of aliphatic hydroxyl groups excluding tert-OH is 1. The third-order valence-corrected chi connectivity index (χ3v) is 2.15. The van der Waals surface area contributed by atoms with Gasteiger partial charge in [-0.05, 0) is 20.8 Å². The van der Waals surface area contributed by atoms with E-state index in [2.05, 4.69) is 5.32 Å². The van der Waals surface area contributed by atoms with Crippen LogP contribution in [0.5, 0.6) is 0 Å². The van der Waals surface area contributed by atoms with Crippen LogP contribution in [0.1, 0.15) is 27.2 Å². The molecule has 1 rings (SSSR count). The van der Waals surface area contributed by atoms with Crippen LogP contribution in [0.15, 0.2) is 0 Å². The van der Waals surface area contributed by atoms with Crippen LogP contribution >= 0.6 is 0 Å². The van der Waals surface area contributed by atoms with Crippen molar-refractivity contribution in [2.24, 2.45) is 5.92 Å². The van der Waals surface area contributed by atoms with Crippen LogP contribution in [0.25, 0.3) is 0 Å². The van der Waals surface area contributed by atoms with Crippen molar-refractivity contribution >= 4 is 5.97 Å². The molecular formula is C10H19NO3. The van der Waals surface area contributed by atoms with Gasteiger partial charge in [-0.1, -0.05) is 0 Å². The van der Waals surface area contributed by atoms with Crippen LogP contribution in [-0.4, -0.2) is 35.9 Å². The summed E-state index contributed by atoms with van der Waals surface area (Å²) in [6.07, 6.45) is -0.117. The molecule has 14 heavy (non-hydrogen) atoms. The molecule has 0 radical (unpaired) electrons. The smallest absolute Gasteiger partial charge is 0.306 e. The first-order valence-corrected chi connectivity index (χ1v) is 4.99. The maximum absolute atomic E-state index is 11.4. The quantitative estimate of drug-likeness (QED) is 0.631. The van der Waals surface area contributed by atoms with E-state index in [1.54, 1.807) is 0 Å². The lowest BCUT2D eigenvalue weighted by molar-refractivity contribution is -0.156. The van der Waals surface area contributed by atoms with Gasteiger partial charge in [-0.25, -0.2) is 0 Å². The summed E-state index contributed by atoms with van der Waals surface area (Å²) in [6.45, 7) is 6.80. The molecule has 1 aliphatic heterocycles. The highest BCUT2D eigenvalue weighted by atomic mass is 16.6. The number of carbonyl (C=O) groups excluding carboxylic acids is 1. The van der Waals surface area contributed by atoms with Crippen molar-refractivity contribution in [3.63, 3.8) is 0 Å². The third kappa shape index (κ3) is 3.64. The van der Waals surface area contributed by atoms with Crippen LogP contribution in [0.3, 0.4) is 0 Å². The second kappa shape index (κ2) is 4.28. The maximum Gasteiger partial charge on any atom is 0.306 e. The SMILES string of the molecule is CC(C)(C)OC(=O)CC1CNCC1O. The molecule has 0 bridgehead atoms. The van der Waals surface area contributed by atoms with Gasteiger partial charge in [-0.2, -0.15) is 0 Å². The molecule has 2 N–H and O–H groups in total. The Morgan fingerprint density at radius 2 is 2.14 bits per heavy atom. The Labute approximate surface area is 84.6 Å².